The fraction of sp³-hybridized carbons (Fsp3) is 0.375. The third-order valence-corrected chi connectivity index (χ3v) is 5.80. The van der Waals surface area contributed by atoms with E-state index in [0.717, 1.165) is 43.6 Å². The number of nitrogens with one attached hydrogen (secondary N) is 2. The first-order chi connectivity index (χ1) is 16.3. The van der Waals surface area contributed by atoms with E-state index in [1.807, 2.05) is 0 Å². The highest BCUT2D eigenvalue weighted by Crippen LogP contribution is 2.24. The summed E-state index contributed by atoms with van der Waals surface area (Å²) in [7, 11) is 0. The number of piperidine rings is 1. The van der Waals surface area contributed by atoms with Gasteiger partial charge in [0.25, 0.3) is 11.8 Å². The van der Waals surface area contributed by atoms with E-state index in [1.54, 1.807) is 26.0 Å². The summed E-state index contributed by atoms with van der Waals surface area (Å²) >= 11 is 0. The van der Waals surface area contributed by atoms with Crippen LogP contribution in [0.25, 0.3) is 5.52 Å². The van der Waals surface area contributed by atoms with E-state index in [9.17, 15) is 18.4 Å². The van der Waals surface area contributed by atoms with Gasteiger partial charge in [-0.05, 0) is 63.5 Å². The van der Waals surface area contributed by atoms with Gasteiger partial charge in [0.2, 0.25) is 5.88 Å². The molecule has 1 aromatic carbocycles. The van der Waals surface area contributed by atoms with Crippen LogP contribution in [0, 0.1) is 25.5 Å². The Kier molecular flexibility index (Phi) is 7.06. The second-order valence-corrected chi connectivity index (χ2v) is 8.46. The maximum Gasteiger partial charge on any atom is 0.273 e. The van der Waals surface area contributed by atoms with E-state index in [-0.39, 0.29) is 36.1 Å². The van der Waals surface area contributed by atoms with E-state index in [0.29, 0.717) is 11.2 Å². The van der Waals surface area contributed by atoms with Crippen molar-refractivity contribution in [1.82, 2.24) is 25.4 Å². The Labute approximate surface area is 195 Å². The second kappa shape index (κ2) is 10.2. The Morgan fingerprint density at radius 2 is 1.76 bits per heavy atom. The van der Waals surface area contributed by atoms with Crippen LogP contribution in [-0.2, 0) is 11.4 Å². The predicted molar refractivity (Wildman–Crippen MR) is 121 cm³/mol. The van der Waals surface area contributed by atoms with Crippen LogP contribution in [0.15, 0.2) is 30.3 Å². The molecule has 1 saturated heterocycles. The minimum absolute atomic E-state index is 0.199. The molecule has 0 atom stereocenters. The topological polar surface area (TPSA) is 88.0 Å². The molecule has 10 heteroatoms. The third-order valence-electron chi connectivity index (χ3n) is 5.80. The molecule has 1 aliphatic heterocycles. The van der Waals surface area contributed by atoms with Crippen LogP contribution >= 0.6 is 0 Å². The largest absolute Gasteiger partial charge is 0.473 e. The lowest BCUT2D eigenvalue weighted by Crippen LogP contribution is -2.47. The van der Waals surface area contributed by atoms with Crippen LogP contribution in [0.5, 0.6) is 5.88 Å². The Morgan fingerprint density at radius 1 is 1.06 bits per heavy atom. The lowest BCUT2D eigenvalue weighted by Gasteiger charge is -2.25. The highest BCUT2D eigenvalue weighted by atomic mass is 19.1. The molecule has 0 spiro atoms. The van der Waals surface area contributed by atoms with Gasteiger partial charge in [-0.2, -0.15) is 9.61 Å². The molecule has 8 nitrogen and oxygen atoms in total. The molecule has 2 amide bonds. The third kappa shape index (κ3) is 5.17. The SMILES string of the molecule is Cc1cc(OCc2c(F)cccc2F)n2nc(C)c(C(=O)NNC(=O)CN3CCCCC3)c2c1. The number of carbonyl (C=O) groups is 2. The Morgan fingerprint density at radius 3 is 2.47 bits per heavy atom. The summed E-state index contributed by atoms with van der Waals surface area (Å²) in [6.07, 6.45) is 3.30. The van der Waals surface area contributed by atoms with Gasteiger partial charge in [-0.25, -0.2) is 8.78 Å². The van der Waals surface area contributed by atoms with Crippen molar-refractivity contribution < 1.29 is 23.1 Å². The number of ether oxygens (including phenoxy) is 1. The minimum Gasteiger partial charge on any atom is -0.473 e. The summed E-state index contributed by atoms with van der Waals surface area (Å²) in [4.78, 5) is 27.2. The molecule has 1 fully saturated rings. The van der Waals surface area contributed by atoms with Gasteiger partial charge in [0.15, 0.2) is 0 Å². The van der Waals surface area contributed by atoms with Crippen molar-refractivity contribution in [2.24, 2.45) is 0 Å². The average molecular weight is 472 g/mol. The molecular weight excluding hydrogens is 444 g/mol. The summed E-state index contributed by atoms with van der Waals surface area (Å²) in [6, 6.07) is 7.02. The zero-order valence-corrected chi connectivity index (χ0v) is 19.2. The molecule has 0 unspecified atom stereocenters. The van der Waals surface area contributed by atoms with Crippen LogP contribution in [-0.4, -0.2) is 46.0 Å². The van der Waals surface area contributed by atoms with E-state index >= 15 is 0 Å². The number of aryl methyl sites for hydroxylation is 2. The van der Waals surface area contributed by atoms with Gasteiger partial charge in [0, 0.05) is 6.07 Å². The first-order valence-electron chi connectivity index (χ1n) is 11.2. The highest BCUT2D eigenvalue weighted by Gasteiger charge is 2.21. The molecular formula is C24H27F2N5O3. The number of rotatable bonds is 6. The summed E-state index contributed by atoms with van der Waals surface area (Å²) in [5.74, 6) is -2.00. The van der Waals surface area contributed by atoms with Crippen molar-refractivity contribution >= 4 is 17.3 Å². The average Bonchev–Trinajstić information content (AvgIpc) is 3.13. The van der Waals surface area contributed by atoms with Gasteiger partial charge in [-0.1, -0.05) is 12.5 Å². The maximum absolute atomic E-state index is 14.0. The number of benzene rings is 1. The van der Waals surface area contributed by atoms with Crippen LogP contribution in [0.2, 0.25) is 0 Å². The Balaban J connectivity index is 1.50. The number of aromatic nitrogens is 2. The smallest absolute Gasteiger partial charge is 0.273 e. The second-order valence-electron chi connectivity index (χ2n) is 8.46. The predicted octanol–water partition coefficient (Wildman–Crippen LogP) is 3.06. The molecule has 3 heterocycles. The van der Waals surface area contributed by atoms with Crippen molar-refractivity contribution in [3.63, 3.8) is 0 Å². The van der Waals surface area contributed by atoms with Gasteiger partial charge < -0.3 is 4.74 Å². The van der Waals surface area contributed by atoms with Gasteiger partial charge in [0.05, 0.1) is 28.9 Å². The molecule has 34 heavy (non-hydrogen) atoms. The fourth-order valence-electron chi connectivity index (χ4n) is 4.11. The summed E-state index contributed by atoms with van der Waals surface area (Å²) in [6.45, 7) is 5.08. The fourth-order valence-corrected chi connectivity index (χ4v) is 4.11. The normalized spacial score (nSPS) is 14.2. The number of likely N-dealkylation sites (tertiary alicyclic amines) is 1. The van der Waals surface area contributed by atoms with Gasteiger partial charge in [0.1, 0.15) is 18.2 Å². The standard InChI is InChI=1S/C24H27F2N5O3/c1-15-11-20-23(24(33)28-27-21(32)13-30-9-4-3-5-10-30)16(2)29-31(20)22(12-15)34-14-17-18(25)7-6-8-19(17)26/h6-8,11-12H,3-5,9-10,13-14H2,1-2H3,(H,27,32)(H,28,33). The number of nitrogens with zero attached hydrogens (tertiary/aromatic N) is 3. The molecule has 0 radical (unpaired) electrons. The number of hydrazine groups is 1. The van der Waals surface area contributed by atoms with Gasteiger partial charge in [-0.3, -0.25) is 25.3 Å². The van der Waals surface area contributed by atoms with Crippen molar-refractivity contribution in [3.05, 3.63) is 64.4 Å². The van der Waals surface area contributed by atoms with E-state index in [1.165, 1.54) is 17.0 Å². The molecule has 2 N–H and O–H groups in total. The van der Waals surface area contributed by atoms with Crippen molar-refractivity contribution in [1.29, 1.82) is 0 Å². The van der Waals surface area contributed by atoms with Crippen LogP contribution in [0.3, 0.4) is 0 Å². The van der Waals surface area contributed by atoms with E-state index < -0.39 is 17.5 Å². The van der Waals surface area contributed by atoms with Crippen LogP contribution in [0.1, 0.15) is 46.4 Å². The molecule has 2 aromatic heterocycles. The quantitative estimate of drug-likeness (QED) is 0.540. The summed E-state index contributed by atoms with van der Waals surface area (Å²) in [5.41, 5.74) is 6.62. The zero-order chi connectivity index (χ0) is 24.2. The van der Waals surface area contributed by atoms with Gasteiger partial charge >= 0.3 is 0 Å². The maximum atomic E-state index is 14.0. The molecule has 0 bridgehead atoms. The number of halogens is 2. The molecule has 0 saturated carbocycles. The summed E-state index contributed by atoms with van der Waals surface area (Å²) < 4.78 is 35.1. The molecule has 180 valence electrons. The Hall–Kier alpha value is -3.53. The number of carbonyl (C=O) groups excluding carboxylic acids is 2. The van der Waals surface area contributed by atoms with E-state index in [2.05, 4.69) is 20.9 Å². The van der Waals surface area contributed by atoms with E-state index in [4.69, 9.17) is 4.74 Å². The lowest BCUT2D eigenvalue weighted by atomic mass is 10.1. The number of pyridine rings is 1. The Bertz CT molecular complexity index is 1200. The number of hydrogen-bond acceptors (Lipinski definition) is 5. The number of amides is 2. The number of hydrogen-bond donors (Lipinski definition) is 2. The molecule has 1 aliphatic rings. The van der Waals surface area contributed by atoms with Crippen molar-refractivity contribution in [2.75, 3.05) is 19.6 Å². The van der Waals surface area contributed by atoms with Crippen molar-refractivity contribution in [2.45, 2.75) is 39.7 Å². The molecule has 4 rings (SSSR count). The highest BCUT2D eigenvalue weighted by molar-refractivity contribution is 6.02. The summed E-state index contributed by atoms with van der Waals surface area (Å²) in [5, 5.41) is 4.38. The molecule has 0 aliphatic carbocycles. The zero-order valence-electron chi connectivity index (χ0n) is 19.2. The lowest BCUT2D eigenvalue weighted by molar-refractivity contribution is -0.123. The first-order valence-corrected chi connectivity index (χ1v) is 11.2. The van der Waals surface area contributed by atoms with Crippen LogP contribution in [0.4, 0.5) is 8.78 Å². The van der Waals surface area contributed by atoms with Crippen molar-refractivity contribution in [3.8, 4) is 5.88 Å². The first kappa shape index (κ1) is 23.6. The van der Waals surface area contributed by atoms with Gasteiger partial charge in [-0.15, -0.1) is 0 Å². The number of fused-ring (bicyclic) bond motifs is 1. The monoisotopic (exact) mass is 471 g/mol. The van der Waals surface area contributed by atoms with Crippen LogP contribution < -0.4 is 15.6 Å². The molecule has 3 aromatic rings. The minimum atomic E-state index is -0.707.